The Bertz CT molecular complexity index is 530. The summed E-state index contributed by atoms with van der Waals surface area (Å²) in [6.07, 6.45) is 50.0. The molecule has 0 aromatic rings. The molecule has 0 aromatic heterocycles. The van der Waals surface area contributed by atoms with Crippen molar-refractivity contribution in [2.75, 3.05) is 13.1 Å². The lowest BCUT2D eigenvalue weighted by Gasteiger charge is -2.33. The van der Waals surface area contributed by atoms with Gasteiger partial charge in [0.25, 0.3) is 0 Å². The highest BCUT2D eigenvalue weighted by Crippen LogP contribution is 2.24. The summed E-state index contributed by atoms with van der Waals surface area (Å²) in [7, 11) is 0. The first-order chi connectivity index (χ1) is 20.3. The second-order valence-electron chi connectivity index (χ2n) is 13.6. The fourth-order valence-corrected chi connectivity index (χ4v) is 6.72. The summed E-state index contributed by atoms with van der Waals surface area (Å²) < 4.78 is 0. The van der Waals surface area contributed by atoms with E-state index in [2.05, 4.69) is 43.0 Å². The van der Waals surface area contributed by atoms with Gasteiger partial charge in [0.2, 0.25) is 0 Å². The van der Waals surface area contributed by atoms with E-state index in [4.69, 9.17) is 0 Å². The lowest BCUT2D eigenvalue weighted by Crippen LogP contribution is -2.39. The summed E-state index contributed by atoms with van der Waals surface area (Å²) in [6.45, 7) is 9.47. The normalized spacial score (nSPS) is 15.0. The summed E-state index contributed by atoms with van der Waals surface area (Å²) in [4.78, 5) is 5.40. The van der Waals surface area contributed by atoms with Gasteiger partial charge in [-0.3, -0.25) is 0 Å². The van der Waals surface area contributed by atoms with Crippen molar-refractivity contribution in [3.63, 3.8) is 0 Å². The quantitative estimate of drug-likeness (QED) is 0.0719. The minimum absolute atomic E-state index is 0.641. The molecule has 0 amide bonds. The molecule has 2 nitrogen and oxygen atoms in total. The third-order valence-electron chi connectivity index (χ3n) is 9.57. The van der Waals surface area contributed by atoms with Crippen LogP contribution >= 0.6 is 0 Å². The van der Waals surface area contributed by atoms with Gasteiger partial charge in [0.15, 0.2) is 0 Å². The monoisotopic (exact) mass is 575 g/mol. The van der Waals surface area contributed by atoms with E-state index in [-0.39, 0.29) is 0 Å². The average Bonchev–Trinajstić information content (AvgIpc) is 3.37. The Labute approximate surface area is 260 Å². The zero-order chi connectivity index (χ0) is 29.5. The van der Waals surface area contributed by atoms with Crippen LogP contribution in [-0.4, -0.2) is 29.1 Å². The number of hydrogen-bond acceptors (Lipinski definition) is 2. The van der Waals surface area contributed by atoms with Crippen molar-refractivity contribution in [1.82, 2.24) is 9.80 Å². The van der Waals surface area contributed by atoms with Gasteiger partial charge < -0.3 is 9.80 Å². The smallest absolute Gasteiger partial charge is 0.101 e. The second-order valence-corrected chi connectivity index (χ2v) is 13.6. The van der Waals surface area contributed by atoms with Crippen molar-refractivity contribution >= 4 is 0 Å². The fourth-order valence-electron chi connectivity index (χ4n) is 6.72. The molecule has 0 aromatic carbocycles. The van der Waals surface area contributed by atoms with E-state index in [1.54, 1.807) is 0 Å². The van der Waals surface area contributed by atoms with Gasteiger partial charge in [-0.25, -0.2) is 0 Å². The van der Waals surface area contributed by atoms with Crippen LogP contribution in [0.15, 0.2) is 12.4 Å². The Morgan fingerprint density at radius 2 is 0.561 bits per heavy atom. The highest BCUT2D eigenvalue weighted by atomic mass is 15.4. The molecule has 1 aliphatic rings. The van der Waals surface area contributed by atoms with E-state index in [0.29, 0.717) is 6.17 Å². The van der Waals surface area contributed by atoms with E-state index in [0.717, 1.165) is 0 Å². The number of nitrogens with zero attached hydrogens (tertiary/aromatic N) is 2. The van der Waals surface area contributed by atoms with Crippen LogP contribution < -0.4 is 0 Å². The van der Waals surface area contributed by atoms with E-state index in [9.17, 15) is 0 Å². The summed E-state index contributed by atoms with van der Waals surface area (Å²) in [5.41, 5.74) is 0. The lowest BCUT2D eigenvalue weighted by molar-refractivity contribution is 0.135. The van der Waals surface area contributed by atoms with Crippen molar-refractivity contribution in [2.24, 2.45) is 0 Å². The van der Waals surface area contributed by atoms with Crippen LogP contribution in [0.5, 0.6) is 0 Å². The van der Waals surface area contributed by atoms with Gasteiger partial charge in [0, 0.05) is 25.5 Å². The Balaban J connectivity index is 2.09. The van der Waals surface area contributed by atoms with E-state index in [1.165, 1.54) is 212 Å². The Hall–Kier alpha value is -0.660. The van der Waals surface area contributed by atoms with Gasteiger partial charge in [0.1, 0.15) is 6.17 Å². The molecule has 0 N–H and O–H groups in total. The number of unbranched alkanes of at least 4 members (excludes halogenated alkanes) is 27. The minimum atomic E-state index is 0.641. The molecule has 41 heavy (non-hydrogen) atoms. The summed E-state index contributed by atoms with van der Waals surface area (Å²) in [6, 6.07) is 0. The van der Waals surface area contributed by atoms with Gasteiger partial charge in [0.05, 0.1) is 0 Å². The molecule has 1 rings (SSSR count). The maximum Gasteiger partial charge on any atom is 0.101 e. The summed E-state index contributed by atoms with van der Waals surface area (Å²) in [5, 5.41) is 0. The largest absolute Gasteiger partial charge is 0.356 e. The van der Waals surface area contributed by atoms with Crippen LogP contribution in [0.4, 0.5) is 0 Å². The fraction of sp³-hybridized carbons (Fsp3) is 0.949. The van der Waals surface area contributed by atoms with Gasteiger partial charge >= 0.3 is 0 Å². The second kappa shape index (κ2) is 30.8. The van der Waals surface area contributed by atoms with E-state index < -0.39 is 0 Å². The third kappa shape index (κ3) is 23.5. The first-order valence-corrected chi connectivity index (χ1v) is 19.5. The summed E-state index contributed by atoms with van der Waals surface area (Å²) >= 11 is 0. The molecular formula is C39H78N2. The maximum atomic E-state index is 2.71. The molecule has 0 spiro atoms. The van der Waals surface area contributed by atoms with Gasteiger partial charge in [-0.1, -0.05) is 194 Å². The highest BCUT2D eigenvalue weighted by Gasteiger charge is 2.24. The predicted octanol–water partition coefficient (Wildman–Crippen LogP) is 13.6. The highest BCUT2D eigenvalue weighted by molar-refractivity contribution is 4.97. The third-order valence-corrected chi connectivity index (χ3v) is 9.57. The first kappa shape index (κ1) is 38.4. The summed E-state index contributed by atoms with van der Waals surface area (Å²) in [5.74, 6) is 0. The van der Waals surface area contributed by atoms with Gasteiger partial charge in [-0.05, 0) is 25.7 Å². The Morgan fingerprint density at radius 1 is 0.317 bits per heavy atom. The Kier molecular flexibility index (Phi) is 28.8. The van der Waals surface area contributed by atoms with Crippen molar-refractivity contribution < 1.29 is 0 Å². The minimum Gasteiger partial charge on any atom is -0.356 e. The predicted molar refractivity (Wildman–Crippen MR) is 186 cm³/mol. The first-order valence-electron chi connectivity index (χ1n) is 19.5. The SMILES string of the molecule is CCCCCCCCCCCCCCCCCCCN1C=CN(CCCCCCC)C1CCCCCCCCCC. The van der Waals surface area contributed by atoms with Crippen molar-refractivity contribution in [3.8, 4) is 0 Å². The van der Waals surface area contributed by atoms with E-state index >= 15 is 0 Å². The van der Waals surface area contributed by atoms with Crippen molar-refractivity contribution in [3.05, 3.63) is 12.4 Å². The molecule has 2 heteroatoms. The van der Waals surface area contributed by atoms with Crippen LogP contribution in [0.25, 0.3) is 0 Å². The molecule has 0 bridgehead atoms. The van der Waals surface area contributed by atoms with Gasteiger partial charge in [-0.15, -0.1) is 0 Å². The van der Waals surface area contributed by atoms with Crippen molar-refractivity contribution in [1.29, 1.82) is 0 Å². The number of hydrogen-bond donors (Lipinski definition) is 0. The molecule has 244 valence electrons. The molecule has 1 unspecified atom stereocenters. The van der Waals surface area contributed by atoms with Crippen LogP contribution in [-0.2, 0) is 0 Å². The molecule has 0 saturated carbocycles. The Morgan fingerprint density at radius 3 is 0.854 bits per heavy atom. The molecule has 1 aliphatic heterocycles. The van der Waals surface area contributed by atoms with Crippen LogP contribution in [0.3, 0.4) is 0 Å². The topological polar surface area (TPSA) is 6.48 Å². The van der Waals surface area contributed by atoms with Crippen molar-refractivity contribution in [2.45, 2.75) is 226 Å². The molecule has 1 heterocycles. The van der Waals surface area contributed by atoms with Gasteiger partial charge in [-0.2, -0.15) is 0 Å². The molecular weight excluding hydrogens is 496 g/mol. The molecule has 0 fully saturated rings. The van der Waals surface area contributed by atoms with Crippen LogP contribution in [0.2, 0.25) is 0 Å². The molecule has 0 aliphatic carbocycles. The molecule has 0 saturated heterocycles. The van der Waals surface area contributed by atoms with Crippen LogP contribution in [0.1, 0.15) is 220 Å². The standard InChI is InChI=1S/C39H78N2/c1-4-7-10-13-15-17-18-19-20-21-22-23-24-25-27-30-33-36-41-38-37-40(35-32-29-12-9-6-3)39(41)34-31-28-26-16-14-11-8-5-2/h37-39H,4-36H2,1-3H3. The van der Waals surface area contributed by atoms with E-state index in [1.807, 2.05) is 0 Å². The zero-order valence-corrected chi connectivity index (χ0v) is 29.0. The molecule has 0 radical (unpaired) electrons. The lowest BCUT2D eigenvalue weighted by atomic mass is 10.0. The maximum absolute atomic E-state index is 2.71. The zero-order valence-electron chi connectivity index (χ0n) is 29.0. The molecule has 1 atom stereocenters. The number of rotatable bonds is 33. The average molecular weight is 575 g/mol. The van der Waals surface area contributed by atoms with Crippen LogP contribution in [0, 0.1) is 0 Å².